The molecule has 3 aromatic rings. The first-order valence-corrected chi connectivity index (χ1v) is 12.2. The molecule has 2 aliphatic heterocycles. The Labute approximate surface area is 200 Å². The quantitative estimate of drug-likeness (QED) is 0.555. The minimum atomic E-state index is -0.0983. The lowest BCUT2D eigenvalue weighted by Crippen LogP contribution is -2.38. The Morgan fingerprint density at radius 3 is 2.68 bits per heavy atom. The van der Waals surface area contributed by atoms with Crippen molar-refractivity contribution in [1.82, 2.24) is 15.2 Å². The van der Waals surface area contributed by atoms with Gasteiger partial charge >= 0.3 is 0 Å². The van der Waals surface area contributed by atoms with Crippen LogP contribution in [0.5, 0.6) is 5.75 Å². The van der Waals surface area contributed by atoms with Crippen molar-refractivity contribution in [3.8, 4) is 5.75 Å². The van der Waals surface area contributed by atoms with Crippen molar-refractivity contribution in [1.29, 1.82) is 0 Å². The van der Waals surface area contributed by atoms with Gasteiger partial charge in [-0.15, -0.1) is 0 Å². The SMILES string of the molecule is O=C(NCc1cccc(OCCN2CCOCC2)c1)c1cc2ccccc2nc1N1CCCC1. The van der Waals surface area contributed by atoms with Crippen molar-refractivity contribution >= 4 is 22.6 Å². The predicted octanol–water partition coefficient (Wildman–Crippen LogP) is 3.48. The molecule has 7 nitrogen and oxygen atoms in total. The van der Waals surface area contributed by atoms with E-state index < -0.39 is 0 Å². The first kappa shape index (κ1) is 22.6. The van der Waals surface area contributed by atoms with Crippen LogP contribution in [0.2, 0.25) is 0 Å². The third-order valence-corrected chi connectivity index (χ3v) is 6.49. The number of carbonyl (C=O) groups is 1. The fourth-order valence-electron chi connectivity index (χ4n) is 4.58. The second-order valence-corrected chi connectivity index (χ2v) is 8.88. The van der Waals surface area contributed by atoms with E-state index >= 15 is 0 Å². The molecule has 34 heavy (non-hydrogen) atoms. The van der Waals surface area contributed by atoms with E-state index in [2.05, 4.69) is 15.1 Å². The van der Waals surface area contributed by atoms with Crippen LogP contribution in [0, 0.1) is 0 Å². The number of benzene rings is 2. The number of morpholine rings is 1. The second kappa shape index (κ2) is 10.8. The van der Waals surface area contributed by atoms with Crippen molar-refractivity contribution in [3.63, 3.8) is 0 Å². The van der Waals surface area contributed by atoms with E-state index in [-0.39, 0.29) is 5.91 Å². The van der Waals surface area contributed by atoms with Crippen LogP contribution in [0.25, 0.3) is 10.9 Å². The summed E-state index contributed by atoms with van der Waals surface area (Å²) >= 11 is 0. The van der Waals surface area contributed by atoms with Crippen LogP contribution in [-0.4, -0.2) is 68.3 Å². The summed E-state index contributed by atoms with van der Waals surface area (Å²) < 4.78 is 11.4. The Hall–Kier alpha value is -3.16. The average Bonchev–Trinajstić information content (AvgIpc) is 3.42. The number of para-hydroxylation sites is 1. The molecule has 0 spiro atoms. The van der Waals surface area contributed by atoms with Gasteiger partial charge < -0.3 is 19.7 Å². The number of anilines is 1. The fourth-order valence-corrected chi connectivity index (χ4v) is 4.58. The van der Waals surface area contributed by atoms with Gasteiger partial charge in [-0.1, -0.05) is 30.3 Å². The third-order valence-electron chi connectivity index (χ3n) is 6.49. The molecule has 0 bridgehead atoms. The van der Waals surface area contributed by atoms with Gasteiger partial charge in [0.1, 0.15) is 18.2 Å². The summed E-state index contributed by atoms with van der Waals surface area (Å²) in [6.07, 6.45) is 2.27. The zero-order valence-electron chi connectivity index (χ0n) is 19.5. The Kier molecular flexibility index (Phi) is 7.22. The lowest BCUT2D eigenvalue weighted by atomic mass is 10.1. The number of fused-ring (bicyclic) bond motifs is 1. The highest BCUT2D eigenvalue weighted by molar-refractivity contribution is 6.02. The van der Waals surface area contributed by atoms with Gasteiger partial charge in [-0.2, -0.15) is 0 Å². The number of hydrogen-bond donors (Lipinski definition) is 1. The number of nitrogens with one attached hydrogen (secondary N) is 1. The van der Waals surface area contributed by atoms with Gasteiger partial charge in [0.15, 0.2) is 0 Å². The first-order chi connectivity index (χ1) is 16.8. The van der Waals surface area contributed by atoms with Crippen molar-refractivity contribution in [2.45, 2.75) is 19.4 Å². The number of amides is 1. The molecule has 1 N–H and O–H groups in total. The van der Waals surface area contributed by atoms with Crippen LogP contribution in [0.15, 0.2) is 54.6 Å². The smallest absolute Gasteiger partial charge is 0.255 e. The van der Waals surface area contributed by atoms with Gasteiger partial charge in [-0.3, -0.25) is 9.69 Å². The standard InChI is InChI=1S/C27H32N4O3/c32-27(24-19-22-7-1-2-9-25(22)29-26(24)31-10-3-4-11-31)28-20-21-6-5-8-23(18-21)34-17-14-30-12-15-33-16-13-30/h1-2,5-9,18-19H,3-4,10-17,20H2,(H,28,32). The lowest BCUT2D eigenvalue weighted by Gasteiger charge is -2.26. The number of carbonyl (C=O) groups excluding carboxylic acids is 1. The number of ether oxygens (including phenoxy) is 2. The van der Waals surface area contributed by atoms with E-state index in [1.54, 1.807) is 0 Å². The van der Waals surface area contributed by atoms with Gasteiger partial charge in [-0.05, 0) is 42.7 Å². The largest absolute Gasteiger partial charge is 0.492 e. The molecular weight excluding hydrogens is 428 g/mol. The molecule has 178 valence electrons. The van der Waals surface area contributed by atoms with Crippen LogP contribution in [0.1, 0.15) is 28.8 Å². The maximum atomic E-state index is 13.2. The molecule has 2 saturated heterocycles. The van der Waals surface area contributed by atoms with E-state index in [0.29, 0.717) is 18.7 Å². The summed E-state index contributed by atoms with van der Waals surface area (Å²) in [4.78, 5) is 22.7. The van der Waals surface area contributed by atoms with Crippen LogP contribution in [-0.2, 0) is 11.3 Å². The topological polar surface area (TPSA) is 66.9 Å². The summed E-state index contributed by atoms with van der Waals surface area (Å²) in [6.45, 7) is 7.34. The molecule has 0 unspecified atom stereocenters. The monoisotopic (exact) mass is 460 g/mol. The number of nitrogens with zero attached hydrogens (tertiary/aromatic N) is 3. The number of hydrogen-bond acceptors (Lipinski definition) is 6. The van der Waals surface area contributed by atoms with E-state index in [0.717, 1.165) is 86.8 Å². The maximum absolute atomic E-state index is 13.2. The Balaban J connectivity index is 1.23. The summed E-state index contributed by atoms with van der Waals surface area (Å²) in [5.74, 6) is 1.51. The molecule has 0 aliphatic carbocycles. The van der Waals surface area contributed by atoms with Gasteiger partial charge in [0.25, 0.3) is 5.91 Å². The normalized spacial score (nSPS) is 16.6. The van der Waals surface area contributed by atoms with Gasteiger partial charge in [0, 0.05) is 44.7 Å². The summed E-state index contributed by atoms with van der Waals surface area (Å²) in [7, 11) is 0. The highest BCUT2D eigenvalue weighted by Gasteiger charge is 2.22. The molecule has 1 aromatic heterocycles. The van der Waals surface area contributed by atoms with Crippen LogP contribution in [0.4, 0.5) is 5.82 Å². The second-order valence-electron chi connectivity index (χ2n) is 8.88. The van der Waals surface area contributed by atoms with Crippen LogP contribution >= 0.6 is 0 Å². The number of aromatic nitrogens is 1. The number of pyridine rings is 1. The molecule has 1 amide bonds. The van der Waals surface area contributed by atoms with Crippen LogP contribution in [0.3, 0.4) is 0 Å². The van der Waals surface area contributed by atoms with E-state index in [4.69, 9.17) is 14.5 Å². The molecule has 0 saturated carbocycles. The molecule has 3 heterocycles. The molecule has 7 heteroatoms. The van der Waals surface area contributed by atoms with E-state index in [9.17, 15) is 4.79 Å². The Morgan fingerprint density at radius 1 is 1.00 bits per heavy atom. The average molecular weight is 461 g/mol. The van der Waals surface area contributed by atoms with E-state index in [1.807, 2.05) is 54.6 Å². The minimum Gasteiger partial charge on any atom is -0.492 e. The summed E-state index contributed by atoms with van der Waals surface area (Å²) in [6, 6.07) is 17.9. The molecule has 0 atom stereocenters. The highest BCUT2D eigenvalue weighted by atomic mass is 16.5. The van der Waals surface area contributed by atoms with E-state index in [1.165, 1.54) is 0 Å². The highest BCUT2D eigenvalue weighted by Crippen LogP contribution is 2.26. The zero-order valence-corrected chi connectivity index (χ0v) is 19.5. The summed E-state index contributed by atoms with van der Waals surface area (Å²) in [5, 5.41) is 4.07. The maximum Gasteiger partial charge on any atom is 0.255 e. The molecule has 5 rings (SSSR count). The van der Waals surface area contributed by atoms with Gasteiger partial charge in [0.2, 0.25) is 0 Å². The van der Waals surface area contributed by atoms with Crippen LogP contribution < -0.4 is 15.0 Å². The van der Waals surface area contributed by atoms with Crippen molar-refractivity contribution in [2.75, 3.05) is 57.4 Å². The molecular formula is C27H32N4O3. The minimum absolute atomic E-state index is 0.0983. The lowest BCUT2D eigenvalue weighted by molar-refractivity contribution is 0.0322. The van der Waals surface area contributed by atoms with Gasteiger partial charge in [0.05, 0.1) is 24.3 Å². The summed E-state index contributed by atoms with van der Waals surface area (Å²) in [5.41, 5.74) is 2.56. The van der Waals surface area contributed by atoms with Crippen molar-refractivity contribution in [3.05, 3.63) is 65.7 Å². The van der Waals surface area contributed by atoms with Crippen molar-refractivity contribution < 1.29 is 14.3 Å². The predicted molar refractivity (Wildman–Crippen MR) is 134 cm³/mol. The zero-order chi connectivity index (χ0) is 23.2. The molecule has 2 aliphatic rings. The molecule has 2 fully saturated rings. The van der Waals surface area contributed by atoms with Crippen molar-refractivity contribution in [2.24, 2.45) is 0 Å². The fraction of sp³-hybridized carbons (Fsp3) is 0.407. The first-order valence-electron chi connectivity index (χ1n) is 12.2. The Bertz CT molecular complexity index is 1120. The molecule has 2 aromatic carbocycles. The van der Waals surface area contributed by atoms with Gasteiger partial charge in [-0.25, -0.2) is 4.98 Å². The third kappa shape index (κ3) is 5.48. The Morgan fingerprint density at radius 2 is 1.82 bits per heavy atom. The number of rotatable bonds is 8. The molecule has 0 radical (unpaired) electrons.